The first-order valence-corrected chi connectivity index (χ1v) is 5.02. The number of carbonyl (C=O) groups is 1. The zero-order chi connectivity index (χ0) is 10.5. The van der Waals surface area contributed by atoms with E-state index >= 15 is 0 Å². The van der Waals surface area contributed by atoms with Gasteiger partial charge in [0.25, 0.3) is 0 Å². The van der Waals surface area contributed by atoms with Gasteiger partial charge in [0.05, 0.1) is 21.1 Å². The molecule has 0 aromatic carbocycles. The molecule has 3 nitrogen and oxygen atoms in total. The van der Waals surface area contributed by atoms with Gasteiger partial charge in [0.15, 0.2) is 6.17 Å². The number of carbonyl (C=O) groups excluding carboxylic acids is 1. The van der Waals surface area contributed by atoms with Gasteiger partial charge in [0.2, 0.25) is 5.91 Å². The highest BCUT2D eigenvalue weighted by atomic mass is 35.5. The molecule has 0 saturated carbocycles. The Morgan fingerprint density at radius 3 is 2.07 bits per heavy atom. The number of hydrogen-bond donors (Lipinski definition) is 1. The van der Waals surface area contributed by atoms with Gasteiger partial charge in [-0.25, -0.2) is 0 Å². The Balaban J connectivity index is 0. The van der Waals surface area contributed by atoms with E-state index in [1.165, 1.54) is 0 Å². The Morgan fingerprint density at radius 2 is 1.79 bits per heavy atom. The van der Waals surface area contributed by atoms with E-state index in [4.69, 9.17) is 0 Å². The highest BCUT2D eigenvalue weighted by Gasteiger charge is 2.22. The third-order valence-electron chi connectivity index (χ3n) is 2.13. The number of halogens is 1. The van der Waals surface area contributed by atoms with E-state index in [0.29, 0.717) is 6.42 Å². The maximum absolute atomic E-state index is 11.3. The standard InChI is InChI=1S/C10H22N2O.ClH/c1-6-8-10(13)11-9(7-2)12(3,4)5;/h9H,6-8H2,1-5H3;1H. The summed E-state index contributed by atoms with van der Waals surface area (Å²) in [6.45, 7) is 4.12. The van der Waals surface area contributed by atoms with E-state index in [9.17, 15) is 4.79 Å². The van der Waals surface area contributed by atoms with E-state index in [2.05, 4.69) is 33.4 Å². The third-order valence-corrected chi connectivity index (χ3v) is 2.13. The summed E-state index contributed by atoms with van der Waals surface area (Å²) in [7, 11) is 6.29. The fourth-order valence-electron chi connectivity index (χ4n) is 1.33. The maximum Gasteiger partial charge on any atom is 0.224 e. The molecule has 4 heteroatoms. The quantitative estimate of drug-likeness (QED) is 0.439. The largest absolute Gasteiger partial charge is 1.00 e. The van der Waals surface area contributed by atoms with Gasteiger partial charge in [-0.3, -0.25) is 4.79 Å². The van der Waals surface area contributed by atoms with Crippen LogP contribution in [-0.2, 0) is 4.79 Å². The summed E-state index contributed by atoms with van der Waals surface area (Å²) < 4.78 is 0.784. The average Bonchev–Trinajstić information content (AvgIpc) is 1.98. The van der Waals surface area contributed by atoms with Crippen molar-refractivity contribution in [3.05, 3.63) is 0 Å². The summed E-state index contributed by atoms with van der Waals surface area (Å²) >= 11 is 0. The number of amides is 1. The average molecular weight is 223 g/mol. The van der Waals surface area contributed by atoms with E-state index in [1.54, 1.807) is 0 Å². The molecule has 0 aromatic rings. The Hall–Kier alpha value is -0.280. The molecule has 1 unspecified atom stereocenters. The number of rotatable bonds is 5. The van der Waals surface area contributed by atoms with E-state index in [0.717, 1.165) is 17.3 Å². The molecule has 0 aromatic heterocycles. The SMILES string of the molecule is CCCC(=O)NC(CC)[N+](C)(C)C.[Cl-]. The molecule has 0 aliphatic heterocycles. The molecule has 0 spiro atoms. The molecule has 0 rings (SSSR count). The first kappa shape index (κ1) is 16.2. The van der Waals surface area contributed by atoms with Crippen LogP contribution in [0.1, 0.15) is 33.1 Å². The monoisotopic (exact) mass is 222 g/mol. The smallest absolute Gasteiger partial charge is 0.224 e. The van der Waals surface area contributed by atoms with Crippen molar-refractivity contribution in [2.24, 2.45) is 0 Å². The zero-order valence-electron chi connectivity index (χ0n) is 9.93. The van der Waals surface area contributed by atoms with Crippen molar-refractivity contribution in [1.29, 1.82) is 0 Å². The highest BCUT2D eigenvalue weighted by Crippen LogP contribution is 2.04. The summed E-state index contributed by atoms with van der Waals surface area (Å²) in [5.74, 6) is 0.169. The Labute approximate surface area is 93.9 Å². The van der Waals surface area contributed by atoms with Crippen LogP contribution in [0.2, 0.25) is 0 Å². The van der Waals surface area contributed by atoms with Gasteiger partial charge in [-0.2, -0.15) is 0 Å². The predicted octanol–water partition coefficient (Wildman–Crippen LogP) is -1.65. The van der Waals surface area contributed by atoms with Crippen LogP contribution in [0.5, 0.6) is 0 Å². The lowest BCUT2D eigenvalue weighted by atomic mass is 10.2. The predicted molar refractivity (Wildman–Crippen MR) is 55.2 cm³/mol. The molecule has 0 fully saturated rings. The van der Waals surface area contributed by atoms with Gasteiger partial charge in [-0.15, -0.1) is 0 Å². The molecule has 0 radical (unpaired) electrons. The first-order chi connectivity index (χ1) is 5.91. The van der Waals surface area contributed by atoms with Crippen molar-refractivity contribution in [2.45, 2.75) is 39.3 Å². The van der Waals surface area contributed by atoms with Gasteiger partial charge < -0.3 is 22.2 Å². The Morgan fingerprint density at radius 1 is 1.29 bits per heavy atom. The summed E-state index contributed by atoms with van der Waals surface area (Å²) in [6.07, 6.45) is 2.76. The minimum Gasteiger partial charge on any atom is -1.00 e. The molecule has 0 aliphatic carbocycles. The van der Waals surface area contributed by atoms with E-state index < -0.39 is 0 Å². The molecule has 0 bridgehead atoms. The van der Waals surface area contributed by atoms with Gasteiger partial charge in [0.1, 0.15) is 0 Å². The molecule has 14 heavy (non-hydrogen) atoms. The molecule has 1 N–H and O–H groups in total. The lowest BCUT2D eigenvalue weighted by Gasteiger charge is -2.33. The third kappa shape index (κ3) is 6.22. The van der Waals surface area contributed by atoms with Gasteiger partial charge in [-0.05, 0) is 6.42 Å². The van der Waals surface area contributed by atoms with Crippen LogP contribution < -0.4 is 17.7 Å². The van der Waals surface area contributed by atoms with Crippen LogP contribution in [0.4, 0.5) is 0 Å². The van der Waals surface area contributed by atoms with Gasteiger partial charge >= 0.3 is 0 Å². The minimum absolute atomic E-state index is 0. The summed E-state index contributed by atoms with van der Waals surface area (Å²) in [6, 6.07) is 0. The molecule has 0 heterocycles. The minimum atomic E-state index is 0. The number of quaternary nitrogens is 1. The van der Waals surface area contributed by atoms with Crippen molar-refractivity contribution < 1.29 is 21.7 Å². The molecule has 1 atom stereocenters. The summed E-state index contributed by atoms with van der Waals surface area (Å²) in [4.78, 5) is 11.3. The lowest BCUT2D eigenvalue weighted by Crippen LogP contribution is -3.00. The topological polar surface area (TPSA) is 29.1 Å². The summed E-state index contributed by atoms with van der Waals surface area (Å²) in [5.41, 5.74) is 0. The second-order valence-electron chi connectivity index (χ2n) is 4.36. The van der Waals surface area contributed by atoms with Crippen LogP contribution in [0.25, 0.3) is 0 Å². The second-order valence-corrected chi connectivity index (χ2v) is 4.36. The number of hydrogen-bond acceptors (Lipinski definition) is 1. The maximum atomic E-state index is 11.3. The summed E-state index contributed by atoms with van der Waals surface area (Å²) in [5, 5.41) is 3.04. The Bertz CT molecular complexity index is 166. The van der Waals surface area contributed by atoms with Gasteiger partial charge in [0, 0.05) is 12.8 Å². The first-order valence-electron chi connectivity index (χ1n) is 5.02. The normalized spacial score (nSPS) is 12.9. The second kappa shape index (κ2) is 7.07. The van der Waals surface area contributed by atoms with Crippen molar-refractivity contribution in [1.82, 2.24) is 5.32 Å². The van der Waals surface area contributed by atoms with Crippen LogP contribution in [-0.4, -0.2) is 37.7 Å². The van der Waals surface area contributed by atoms with Crippen LogP contribution in [0.15, 0.2) is 0 Å². The van der Waals surface area contributed by atoms with Crippen LogP contribution >= 0.6 is 0 Å². The van der Waals surface area contributed by atoms with E-state index in [-0.39, 0.29) is 24.5 Å². The Kier molecular flexibility index (Phi) is 8.16. The zero-order valence-corrected chi connectivity index (χ0v) is 10.7. The molecule has 0 aliphatic rings. The molecular formula is C10H23ClN2O. The molecular weight excluding hydrogens is 200 g/mol. The number of nitrogens with zero attached hydrogens (tertiary/aromatic N) is 1. The fraction of sp³-hybridized carbons (Fsp3) is 0.900. The molecule has 1 amide bonds. The van der Waals surface area contributed by atoms with Crippen molar-refractivity contribution in [3.63, 3.8) is 0 Å². The van der Waals surface area contributed by atoms with Crippen LogP contribution in [0.3, 0.4) is 0 Å². The van der Waals surface area contributed by atoms with Gasteiger partial charge in [-0.1, -0.05) is 13.8 Å². The van der Waals surface area contributed by atoms with Crippen LogP contribution in [0, 0.1) is 0 Å². The van der Waals surface area contributed by atoms with Crippen molar-refractivity contribution in [3.8, 4) is 0 Å². The van der Waals surface area contributed by atoms with E-state index in [1.807, 2.05) is 6.92 Å². The molecule has 0 saturated heterocycles. The highest BCUT2D eigenvalue weighted by molar-refractivity contribution is 5.75. The lowest BCUT2D eigenvalue weighted by molar-refractivity contribution is -0.898. The molecule has 86 valence electrons. The van der Waals surface area contributed by atoms with Crippen molar-refractivity contribution >= 4 is 5.91 Å². The van der Waals surface area contributed by atoms with Crippen molar-refractivity contribution in [2.75, 3.05) is 21.1 Å². The number of nitrogens with one attached hydrogen (secondary N) is 1. The fourth-order valence-corrected chi connectivity index (χ4v) is 1.33.